The van der Waals surface area contributed by atoms with Crippen LogP contribution >= 0.6 is 0 Å². The van der Waals surface area contributed by atoms with Crippen LogP contribution in [0.25, 0.3) is 0 Å². The molecule has 1 amide bonds. The van der Waals surface area contributed by atoms with Gasteiger partial charge in [-0.3, -0.25) is 9.69 Å². The molecule has 112 valence electrons. The molecule has 2 aromatic rings. The molecule has 0 spiro atoms. The number of carbonyl (C=O) groups is 2. The van der Waals surface area contributed by atoms with Gasteiger partial charge in [0.05, 0.1) is 5.56 Å². The van der Waals surface area contributed by atoms with Gasteiger partial charge in [-0.2, -0.15) is 0 Å². The Labute approximate surface area is 127 Å². The van der Waals surface area contributed by atoms with E-state index < -0.39 is 12.0 Å². The van der Waals surface area contributed by atoms with Gasteiger partial charge in [-0.05, 0) is 17.7 Å². The summed E-state index contributed by atoms with van der Waals surface area (Å²) in [6.45, 7) is -0.0559. The van der Waals surface area contributed by atoms with E-state index in [9.17, 15) is 14.7 Å². The number of para-hydroxylation sites is 1. The number of benzene rings is 2. The number of carboxylic acid groups (broad SMARTS) is 1. The molecule has 1 N–H and O–H groups in total. The molecule has 1 heterocycles. The molecular formula is C17H15NO4. The second kappa shape index (κ2) is 5.89. The maximum Gasteiger partial charge on any atom is 0.326 e. The molecule has 2 aromatic carbocycles. The molecule has 0 fully saturated rings. The minimum Gasteiger partial charge on any atom is -0.480 e. The van der Waals surface area contributed by atoms with Crippen LogP contribution in [0.15, 0.2) is 54.6 Å². The maximum atomic E-state index is 12.5. The Morgan fingerprint density at radius 3 is 2.55 bits per heavy atom. The van der Waals surface area contributed by atoms with Gasteiger partial charge in [0.25, 0.3) is 5.91 Å². The normalized spacial score (nSPS) is 14.9. The van der Waals surface area contributed by atoms with Crippen molar-refractivity contribution in [3.05, 3.63) is 65.7 Å². The minimum absolute atomic E-state index is 0.0559. The second-order valence-corrected chi connectivity index (χ2v) is 5.09. The SMILES string of the molecule is O=C(O)[C@H](Cc1ccccc1)N1COc2ccccc2C1=O. The second-order valence-electron chi connectivity index (χ2n) is 5.09. The van der Waals surface area contributed by atoms with Crippen molar-refractivity contribution in [3.8, 4) is 5.75 Å². The fourth-order valence-electron chi connectivity index (χ4n) is 2.52. The number of ether oxygens (including phenoxy) is 1. The van der Waals surface area contributed by atoms with Gasteiger partial charge in [0.15, 0.2) is 6.73 Å². The van der Waals surface area contributed by atoms with Crippen molar-refractivity contribution in [2.45, 2.75) is 12.5 Å². The molecule has 5 nitrogen and oxygen atoms in total. The highest BCUT2D eigenvalue weighted by Gasteiger charge is 2.34. The number of carbonyl (C=O) groups excluding carboxylic acids is 1. The summed E-state index contributed by atoms with van der Waals surface area (Å²) in [5.41, 5.74) is 1.26. The molecule has 1 aliphatic heterocycles. The summed E-state index contributed by atoms with van der Waals surface area (Å²) in [5.74, 6) is -0.863. The molecule has 0 aromatic heterocycles. The van der Waals surface area contributed by atoms with Crippen molar-refractivity contribution in [3.63, 3.8) is 0 Å². The number of nitrogens with zero attached hydrogens (tertiary/aromatic N) is 1. The van der Waals surface area contributed by atoms with Gasteiger partial charge in [0, 0.05) is 6.42 Å². The molecule has 5 heteroatoms. The highest BCUT2D eigenvalue weighted by molar-refractivity contribution is 5.99. The predicted molar refractivity (Wildman–Crippen MR) is 79.7 cm³/mol. The van der Waals surface area contributed by atoms with Crippen LogP contribution in [0, 0.1) is 0 Å². The van der Waals surface area contributed by atoms with Crippen molar-refractivity contribution >= 4 is 11.9 Å². The van der Waals surface area contributed by atoms with E-state index in [1.165, 1.54) is 4.90 Å². The minimum atomic E-state index is -1.04. The van der Waals surface area contributed by atoms with Crippen LogP contribution in [0.3, 0.4) is 0 Å². The average molecular weight is 297 g/mol. The quantitative estimate of drug-likeness (QED) is 0.939. The summed E-state index contributed by atoms with van der Waals surface area (Å²) in [7, 11) is 0. The Balaban J connectivity index is 1.87. The van der Waals surface area contributed by atoms with E-state index >= 15 is 0 Å². The third-order valence-corrected chi connectivity index (χ3v) is 3.67. The lowest BCUT2D eigenvalue weighted by atomic mass is 10.0. The monoisotopic (exact) mass is 297 g/mol. The molecule has 3 rings (SSSR count). The third kappa shape index (κ3) is 2.65. The maximum absolute atomic E-state index is 12.5. The van der Waals surface area contributed by atoms with Crippen molar-refractivity contribution in [1.29, 1.82) is 0 Å². The van der Waals surface area contributed by atoms with Crippen LogP contribution in [-0.4, -0.2) is 34.7 Å². The summed E-state index contributed by atoms with van der Waals surface area (Å²) >= 11 is 0. The van der Waals surface area contributed by atoms with Gasteiger partial charge < -0.3 is 9.84 Å². The molecule has 0 aliphatic carbocycles. The first-order chi connectivity index (χ1) is 10.7. The molecule has 1 aliphatic rings. The van der Waals surface area contributed by atoms with Gasteiger partial charge in [0.2, 0.25) is 0 Å². The number of aliphatic carboxylic acids is 1. The first-order valence-electron chi connectivity index (χ1n) is 6.96. The van der Waals surface area contributed by atoms with E-state index in [0.29, 0.717) is 11.3 Å². The largest absolute Gasteiger partial charge is 0.480 e. The molecule has 22 heavy (non-hydrogen) atoms. The third-order valence-electron chi connectivity index (χ3n) is 3.67. The van der Waals surface area contributed by atoms with Gasteiger partial charge in [-0.1, -0.05) is 42.5 Å². The summed E-state index contributed by atoms with van der Waals surface area (Å²) in [4.78, 5) is 25.4. The number of hydrogen-bond acceptors (Lipinski definition) is 3. The van der Waals surface area contributed by atoms with Crippen LogP contribution in [0.5, 0.6) is 5.75 Å². The predicted octanol–water partition coefficient (Wildman–Crippen LogP) is 2.17. The number of carboxylic acids is 1. The van der Waals surface area contributed by atoms with E-state index in [0.717, 1.165) is 5.56 Å². The smallest absolute Gasteiger partial charge is 0.326 e. The summed E-state index contributed by atoms with van der Waals surface area (Å²) in [6, 6.07) is 15.2. The Hall–Kier alpha value is -2.82. The van der Waals surface area contributed by atoms with E-state index in [1.807, 2.05) is 30.3 Å². The molecular weight excluding hydrogens is 282 g/mol. The first kappa shape index (κ1) is 14.1. The zero-order valence-electron chi connectivity index (χ0n) is 11.8. The van der Waals surface area contributed by atoms with Crippen LogP contribution in [0.4, 0.5) is 0 Å². The molecule has 0 saturated heterocycles. The van der Waals surface area contributed by atoms with Crippen molar-refractivity contribution in [2.75, 3.05) is 6.73 Å². The van der Waals surface area contributed by atoms with Crippen LogP contribution in [-0.2, 0) is 11.2 Å². The summed E-state index contributed by atoms with van der Waals surface area (Å²) < 4.78 is 5.52. The fraction of sp³-hybridized carbons (Fsp3) is 0.176. The van der Waals surface area contributed by atoms with Crippen LogP contribution in [0.1, 0.15) is 15.9 Å². The van der Waals surface area contributed by atoms with Gasteiger partial charge >= 0.3 is 5.97 Å². The Kier molecular flexibility index (Phi) is 3.78. The number of fused-ring (bicyclic) bond motifs is 1. The lowest BCUT2D eigenvalue weighted by Crippen LogP contribution is -2.50. The molecule has 0 saturated carbocycles. The number of amides is 1. The van der Waals surface area contributed by atoms with Crippen LogP contribution < -0.4 is 4.74 Å². The molecule has 1 atom stereocenters. The zero-order valence-corrected chi connectivity index (χ0v) is 11.8. The van der Waals surface area contributed by atoms with E-state index in [4.69, 9.17) is 4.74 Å². The lowest BCUT2D eigenvalue weighted by molar-refractivity contribution is -0.143. The van der Waals surface area contributed by atoms with Gasteiger partial charge in [-0.25, -0.2) is 4.79 Å². The molecule has 0 bridgehead atoms. The molecule has 0 unspecified atom stereocenters. The number of hydrogen-bond donors (Lipinski definition) is 1. The van der Waals surface area contributed by atoms with Crippen molar-refractivity contribution in [1.82, 2.24) is 4.90 Å². The summed E-state index contributed by atoms with van der Waals surface area (Å²) in [6.07, 6.45) is 0.243. The highest BCUT2D eigenvalue weighted by Crippen LogP contribution is 2.26. The average Bonchev–Trinajstić information content (AvgIpc) is 2.54. The van der Waals surface area contributed by atoms with Gasteiger partial charge in [0.1, 0.15) is 11.8 Å². The first-order valence-corrected chi connectivity index (χ1v) is 6.96. The lowest BCUT2D eigenvalue weighted by Gasteiger charge is -2.33. The Bertz CT molecular complexity index is 699. The highest BCUT2D eigenvalue weighted by atomic mass is 16.5. The topological polar surface area (TPSA) is 66.8 Å². The molecule has 0 radical (unpaired) electrons. The Morgan fingerprint density at radius 2 is 1.82 bits per heavy atom. The Morgan fingerprint density at radius 1 is 1.14 bits per heavy atom. The number of rotatable bonds is 4. The van der Waals surface area contributed by atoms with Crippen molar-refractivity contribution < 1.29 is 19.4 Å². The zero-order chi connectivity index (χ0) is 15.5. The van der Waals surface area contributed by atoms with Crippen LogP contribution in [0.2, 0.25) is 0 Å². The van der Waals surface area contributed by atoms with E-state index in [2.05, 4.69) is 0 Å². The summed E-state index contributed by atoms with van der Waals surface area (Å²) in [5, 5.41) is 9.50. The van der Waals surface area contributed by atoms with E-state index in [1.54, 1.807) is 24.3 Å². The fourth-order valence-corrected chi connectivity index (χ4v) is 2.52. The van der Waals surface area contributed by atoms with Crippen molar-refractivity contribution in [2.24, 2.45) is 0 Å². The van der Waals surface area contributed by atoms with Gasteiger partial charge in [-0.15, -0.1) is 0 Å². The standard InChI is InChI=1S/C17H15NO4/c19-16-13-8-4-5-9-15(13)22-11-18(16)14(17(20)21)10-12-6-2-1-3-7-12/h1-9,14H,10-11H2,(H,20,21)/t14-/m0/s1. The van der Waals surface area contributed by atoms with E-state index in [-0.39, 0.29) is 19.1 Å².